The van der Waals surface area contributed by atoms with Crippen LogP contribution in [-0.2, 0) is 21.9 Å². The summed E-state index contributed by atoms with van der Waals surface area (Å²) in [5.74, 6) is -3.73. The molecule has 0 bridgehead atoms. The van der Waals surface area contributed by atoms with Gasteiger partial charge in [-0.3, -0.25) is 23.6 Å². The van der Waals surface area contributed by atoms with Gasteiger partial charge < -0.3 is 25.6 Å². The summed E-state index contributed by atoms with van der Waals surface area (Å²) in [4.78, 5) is 45.9. The number of aliphatic carboxylic acids is 1. The van der Waals surface area contributed by atoms with E-state index in [4.69, 9.17) is 20.3 Å². The maximum Gasteiger partial charge on any atom is 0.416 e. The lowest BCUT2D eigenvalue weighted by atomic mass is 10.1. The first-order valence-corrected chi connectivity index (χ1v) is 18.5. The molecule has 6 heterocycles. The number of carbonyl (C=O) groups excluding carboxylic acids is 1. The van der Waals surface area contributed by atoms with E-state index in [9.17, 15) is 44.7 Å². The molecular formula is C42H32F8N10O5. The summed E-state index contributed by atoms with van der Waals surface area (Å²) in [5, 5.41) is 10.8. The highest BCUT2D eigenvalue weighted by Crippen LogP contribution is 2.34. The Kier molecular flexibility index (Phi) is 13.8. The van der Waals surface area contributed by atoms with Crippen molar-refractivity contribution in [3.8, 4) is 34.3 Å². The highest BCUT2D eigenvalue weighted by Gasteiger charge is 2.33. The fourth-order valence-corrected chi connectivity index (χ4v) is 5.88. The number of anilines is 2. The van der Waals surface area contributed by atoms with Gasteiger partial charge in [0.1, 0.15) is 0 Å². The Morgan fingerprint density at radius 3 is 1.62 bits per heavy atom. The number of aryl methyl sites for hydroxylation is 2. The van der Waals surface area contributed by atoms with Crippen molar-refractivity contribution in [1.82, 2.24) is 38.7 Å². The first-order valence-electron chi connectivity index (χ1n) is 18.5. The number of nitrogens with two attached hydrogens (primary N) is 1. The quantitative estimate of drug-likeness (QED) is 0.0713. The molecule has 0 unspecified atom stereocenters. The van der Waals surface area contributed by atoms with Crippen LogP contribution < -0.4 is 20.5 Å². The number of fused-ring (bicyclic) bond motifs is 2. The molecule has 0 aliphatic carbocycles. The van der Waals surface area contributed by atoms with Gasteiger partial charge in [0.2, 0.25) is 23.7 Å². The van der Waals surface area contributed by atoms with Crippen LogP contribution in [0.25, 0.3) is 33.8 Å². The van der Waals surface area contributed by atoms with E-state index >= 15 is 0 Å². The Morgan fingerprint density at radius 1 is 0.677 bits per heavy atom. The lowest BCUT2D eigenvalue weighted by molar-refractivity contribution is -0.139. The molecule has 1 amide bonds. The lowest BCUT2D eigenvalue weighted by Crippen LogP contribution is -2.21. The van der Waals surface area contributed by atoms with E-state index in [-0.39, 0.29) is 45.4 Å². The number of nitrogen functional groups attached to an aromatic ring is 1. The topological polar surface area (TPSA) is 197 Å². The van der Waals surface area contributed by atoms with Crippen LogP contribution in [0.5, 0.6) is 11.8 Å². The Balaban J connectivity index is 0.000000181. The lowest BCUT2D eigenvalue weighted by Gasteiger charge is -2.13. The third-order valence-electron chi connectivity index (χ3n) is 8.92. The molecule has 0 fully saturated rings. The van der Waals surface area contributed by atoms with Crippen molar-refractivity contribution in [2.75, 3.05) is 24.3 Å². The number of hydrogen-bond acceptors (Lipinski definition) is 11. The minimum atomic E-state index is -4.54. The van der Waals surface area contributed by atoms with Crippen LogP contribution in [0.1, 0.15) is 22.3 Å². The van der Waals surface area contributed by atoms with Crippen molar-refractivity contribution >= 4 is 34.5 Å². The zero-order valence-corrected chi connectivity index (χ0v) is 33.6. The van der Waals surface area contributed by atoms with Crippen molar-refractivity contribution in [3.63, 3.8) is 0 Å². The minimum Gasteiger partial charge on any atom is -0.479 e. The zero-order valence-electron chi connectivity index (χ0n) is 33.6. The number of halogens is 8. The molecule has 15 nitrogen and oxygen atoms in total. The van der Waals surface area contributed by atoms with Crippen molar-refractivity contribution in [2.24, 2.45) is 0 Å². The number of carboxylic acid groups (broad SMARTS) is 1. The van der Waals surface area contributed by atoms with Gasteiger partial charge in [0, 0.05) is 48.3 Å². The van der Waals surface area contributed by atoms with E-state index in [1.54, 1.807) is 33.6 Å². The van der Waals surface area contributed by atoms with Gasteiger partial charge in [0.05, 0.1) is 58.4 Å². The molecule has 8 aromatic rings. The number of alkyl halides is 6. The van der Waals surface area contributed by atoms with Gasteiger partial charge >= 0.3 is 18.3 Å². The minimum absolute atomic E-state index is 0.0342. The summed E-state index contributed by atoms with van der Waals surface area (Å²) in [6, 6.07) is 12.9. The third-order valence-corrected chi connectivity index (χ3v) is 8.92. The number of benzene rings is 2. The van der Waals surface area contributed by atoms with Crippen LogP contribution in [0, 0.1) is 25.7 Å². The maximum absolute atomic E-state index is 14.6. The second-order valence-electron chi connectivity index (χ2n) is 13.5. The van der Waals surface area contributed by atoms with E-state index in [0.717, 1.165) is 12.1 Å². The van der Waals surface area contributed by atoms with Crippen LogP contribution in [0.3, 0.4) is 0 Å². The fraction of sp³-hybridized carbons (Fsp3) is 0.143. The highest BCUT2D eigenvalue weighted by atomic mass is 19.4. The SMILES string of the molecule is Cc1ccc(N)cc1C(F)(F)F.Cc1ccc(NC(=O)COc2ccc(-c3cnc4cnccn34)c(F)n2)cc1C(F)(F)F.O=C(O)COc1ccc(-c2cnc3cnccn23)c(F)n1. The van der Waals surface area contributed by atoms with Gasteiger partial charge in [-0.2, -0.15) is 45.1 Å². The average Bonchev–Trinajstić information content (AvgIpc) is 3.88. The molecule has 0 aliphatic heterocycles. The van der Waals surface area contributed by atoms with E-state index < -0.39 is 60.5 Å². The summed E-state index contributed by atoms with van der Waals surface area (Å²) in [6.07, 6.45) is 3.60. The molecule has 336 valence electrons. The molecule has 0 atom stereocenters. The predicted molar refractivity (Wildman–Crippen MR) is 216 cm³/mol. The zero-order chi connectivity index (χ0) is 47.1. The number of nitrogens with zero attached hydrogens (tertiary/aromatic N) is 8. The van der Waals surface area contributed by atoms with E-state index in [1.165, 1.54) is 87.2 Å². The van der Waals surface area contributed by atoms with Crippen molar-refractivity contribution in [2.45, 2.75) is 26.2 Å². The van der Waals surface area contributed by atoms with Gasteiger partial charge in [-0.05, 0) is 61.4 Å². The molecule has 0 spiro atoms. The molecular weight excluding hydrogens is 877 g/mol. The van der Waals surface area contributed by atoms with Crippen molar-refractivity contribution < 1.29 is 59.3 Å². The van der Waals surface area contributed by atoms with Crippen LogP contribution in [0.4, 0.5) is 46.5 Å². The molecule has 65 heavy (non-hydrogen) atoms. The van der Waals surface area contributed by atoms with Crippen LogP contribution in [-0.4, -0.2) is 68.9 Å². The highest BCUT2D eigenvalue weighted by molar-refractivity contribution is 5.92. The van der Waals surface area contributed by atoms with Crippen LogP contribution >= 0.6 is 0 Å². The van der Waals surface area contributed by atoms with E-state index in [2.05, 4.69) is 35.2 Å². The first-order chi connectivity index (χ1) is 30.8. The van der Waals surface area contributed by atoms with Crippen LogP contribution in [0.15, 0.2) is 110 Å². The number of imidazole rings is 2. The molecule has 0 saturated heterocycles. The van der Waals surface area contributed by atoms with Gasteiger partial charge in [-0.15, -0.1) is 0 Å². The Labute approximate surface area is 361 Å². The summed E-state index contributed by atoms with van der Waals surface area (Å²) >= 11 is 0. The number of pyridine rings is 2. The smallest absolute Gasteiger partial charge is 0.416 e. The van der Waals surface area contributed by atoms with Gasteiger partial charge in [0.15, 0.2) is 24.5 Å². The standard InChI is InChI=1S/C21H15F4N5O2.C13H9FN4O3.C8H8F3N/c1-12-2-3-13(8-15(12)21(23,24)25)28-18(31)11-32-19-5-4-14(20(22)29-19)16-9-27-17-10-26-6-7-30(16)17;14-13-8(1-2-11(17-13)21-7-12(19)20)9-5-16-10-6-15-3-4-18(9)10;1-5-2-3-6(12)4-7(5)8(9,10)11/h2-10H,11H2,1H3,(H,28,31);1-6H,7H2,(H,19,20);2-4H,12H2,1H3. The number of amides is 1. The second kappa shape index (κ2) is 19.4. The molecule has 0 saturated carbocycles. The average molecular weight is 909 g/mol. The molecule has 4 N–H and O–H groups in total. The fourth-order valence-electron chi connectivity index (χ4n) is 5.88. The van der Waals surface area contributed by atoms with Crippen LogP contribution in [0.2, 0.25) is 0 Å². The number of hydrogen-bond donors (Lipinski definition) is 3. The summed E-state index contributed by atoms with van der Waals surface area (Å²) in [5.41, 5.74) is 6.52. The predicted octanol–water partition coefficient (Wildman–Crippen LogP) is 8.26. The Bertz CT molecular complexity index is 2990. The van der Waals surface area contributed by atoms with Crippen molar-refractivity contribution in [3.05, 3.63) is 144 Å². The monoisotopic (exact) mass is 908 g/mol. The number of carbonyl (C=O) groups is 2. The van der Waals surface area contributed by atoms with E-state index in [1.807, 2.05) is 0 Å². The van der Waals surface area contributed by atoms with Gasteiger partial charge in [0.25, 0.3) is 5.91 Å². The number of nitrogens with one attached hydrogen (secondary N) is 1. The number of rotatable bonds is 9. The largest absolute Gasteiger partial charge is 0.479 e. The second-order valence-corrected chi connectivity index (χ2v) is 13.5. The summed E-state index contributed by atoms with van der Waals surface area (Å²) in [7, 11) is 0. The Hall–Kier alpha value is -8.24. The Morgan fingerprint density at radius 2 is 1.15 bits per heavy atom. The van der Waals surface area contributed by atoms with Gasteiger partial charge in [-0.25, -0.2) is 14.8 Å². The molecule has 0 radical (unpaired) electrons. The first kappa shape index (κ1) is 46.3. The van der Waals surface area contributed by atoms with Crippen molar-refractivity contribution in [1.29, 1.82) is 0 Å². The molecule has 8 rings (SSSR count). The van der Waals surface area contributed by atoms with E-state index in [0.29, 0.717) is 22.7 Å². The molecule has 23 heteroatoms. The molecule has 2 aromatic carbocycles. The number of aromatic nitrogens is 8. The third kappa shape index (κ3) is 11.6. The van der Waals surface area contributed by atoms with Gasteiger partial charge in [-0.1, -0.05) is 12.1 Å². The molecule has 6 aromatic heterocycles. The maximum atomic E-state index is 14.6. The molecule has 0 aliphatic rings. The normalized spacial score (nSPS) is 11.3. The summed E-state index contributed by atoms with van der Waals surface area (Å²) in [6.45, 7) is 1.59. The number of ether oxygens (including phenoxy) is 2. The summed E-state index contributed by atoms with van der Waals surface area (Å²) < 4.78 is 117. The number of carboxylic acids is 1.